The first-order chi connectivity index (χ1) is 19.9. The number of carbonyl (C=O) groups is 3. The van der Waals surface area contributed by atoms with Crippen LogP contribution in [0.1, 0.15) is 31.7 Å². The number of carbonyl (C=O) groups excluding carboxylic acids is 3. The first kappa shape index (κ1) is 29.1. The van der Waals surface area contributed by atoms with E-state index in [-0.39, 0.29) is 35.1 Å². The number of pyridine rings is 1. The van der Waals surface area contributed by atoms with Crippen molar-refractivity contribution in [1.29, 1.82) is 5.26 Å². The van der Waals surface area contributed by atoms with Crippen LogP contribution in [0.25, 0.3) is 0 Å². The van der Waals surface area contributed by atoms with E-state index in [4.69, 9.17) is 11.6 Å². The number of nitrogens with zero attached hydrogens (tertiary/aromatic N) is 4. The molecule has 3 atom stereocenters. The minimum atomic E-state index is -2.91. The molecule has 2 heterocycles. The fourth-order valence-electron chi connectivity index (χ4n) is 5.50. The molecule has 0 spiro atoms. The van der Waals surface area contributed by atoms with E-state index in [0.717, 1.165) is 15.9 Å². The van der Waals surface area contributed by atoms with Crippen molar-refractivity contribution in [2.24, 2.45) is 5.41 Å². The quantitative estimate of drug-likeness (QED) is 0.490. The van der Waals surface area contributed by atoms with Gasteiger partial charge in [0, 0.05) is 47.8 Å². The van der Waals surface area contributed by atoms with Crippen molar-refractivity contribution in [3.05, 3.63) is 77.2 Å². The fourth-order valence-corrected chi connectivity index (χ4v) is 5.76. The van der Waals surface area contributed by atoms with E-state index in [2.05, 4.69) is 15.6 Å². The van der Waals surface area contributed by atoms with Gasteiger partial charge in [-0.05, 0) is 42.8 Å². The highest BCUT2D eigenvalue weighted by Crippen LogP contribution is 2.45. The Kier molecular flexibility index (Phi) is 7.72. The lowest BCUT2D eigenvalue weighted by molar-refractivity contribution is -0.134. The van der Waals surface area contributed by atoms with E-state index in [9.17, 15) is 32.8 Å². The first-order valence-electron chi connectivity index (χ1n) is 13.2. The number of hydrogen-bond acceptors (Lipinski definition) is 5. The molecular formula is C29H26ClF3N6O3. The van der Waals surface area contributed by atoms with Crippen LogP contribution in [0.15, 0.2) is 65.9 Å². The standard InChI is InChI=1S/C29H26ClF3N6O3/c1-28(9-3-2-7-22(28)30)24(25(40)37-19-13-29(32,33)14-19)38(20-6-4-5-18(31)12-20)26(41)21-16-36-27(42)39(21)23-11-17(15-34)8-10-35-23/h2-8,10-12,19,21,24H,9,13-14,16H2,1H3,(H,36,42)(H,37,40)/t21-,24+,28?/m0/s1. The summed E-state index contributed by atoms with van der Waals surface area (Å²) in [4.78, 5) is 47.8. The molecule has 42 heavy (non-hydrogen) atoms. The van der Waals surface area contributed by atoms with Crippen LogP contribution >= 0.6 is 11.6 Å². The number of urea groups is 1. The predicted octanol–water partition coefficient (Wildman–Crippen LogP) is 4.40. The third kappa shape index (κ3) is 5.44. The number of anilines is 2. The summed E-state index contributed by atoms with van der Waals surface area (Å²) in [6.45, 7) is 1.47. The van der Waals surface area contributed by atoms with Gasteiger partial charge in [-0.2, -0.15) is 5.26 Å². The van der Waals surface area contributed by atoms with Gasteiger partial charge in [-0.1, -0.05) is 36.7 Å². The monoisotopic (exact) mass is 598 g/mol. The minimum Gasteiger partial charge on any atom is -0.351 e. The number of nitrogens with one attached hydrogen (secondary N) is 2. The summed E-state index contributed by atoms with van der Waals surface area (Å²) < 4.78 is 41.9. The Hall–Kier alpha value is -4.37. The highest BCUT2D eigenvalue weighted by Gasteiger charge is 2.53. The molecule has 0 bridgehead atoms. The molecule has 3 aliphatic rings. The molecule has 1 aromatic heterocycles. The normalized spacial score (nSPS) is 23.7. The van der Waals surface area contributed by atoms with Crippen molar-refractivity contribution >= 4 is 41.0 Å². The van der Waals surface area contributed by atoms with Crippen molar-refractivity contribution in [2.75, 3.05) is 16.3 Å². The Morgan fingerprint density at radius 2 is 2.05 bits per heavy atom. The summed E-state index contributed by atoms with van der Waals surface area (Å²) in [5, 5.41) is 14.8. The van der Waals surface area contributed by atoms with E-state index >= 15 is 0 Å². The molecule has 1 saturated heterocycles. The van der Waals surface area contributed by atoms with E-state index in [1.165, 1.54) is 36.5 Å². The highest BCUT2D eigenvalue weighted by atomic mass is 35.5. The Morgan fingerprint density at radius 3 is 2.71 bits per heavy atom. The summed E-state index contributed by atoms with van der Waals surface area (Å²) in [5.74, 6) is -5.13. The van der Waals surface area contributed by atoms with Crippen LogP contribution in [0.2, 0.25) is 0 Å². The third-order valence-electron chi connectivity index (χ3n) is 7.72. The number of amides is 4. The van der Waals surface area contributed by atoms with Gasteiger partial charge in [0.15, 0.2) is 0 Å². The van der Waals surface area contributed by atoms with Gasteiger partial charge in [-0.15, -0.1) is 0 Å². The van der Waals surface area contributed by atoms with Crippen LogP contribution in [0.3, 0.4) is 0 Å². The Morgan fingerprint density at radius 1 is 1.29 bits per heavy atom. The van der Waals surface area contributed by atoms with Crippen molar-refractivity contribution in [3.8, 4) is 6.07 Å². The maximum absolute atomic E-state index is 14.6. The van der Waals surface area contributed by atoms with Crippen LogP contribution in [0.4, 0.5) is 29.5 Å². The molecule has 2 fully saturated rings. The molecule has 5 rings (SSSR count). The second-order valence-electron chi connectivity index (χ2n) is 10.7. The summed E-state index contributed by atoms with van der Waals surface area (Å²) in [7, 11) is 0. The molecule has 2 aliphatic carbocycles. The number of hydrogen-bond donors (Lipinski definition) is 2. The summed E-state index contributed by atoms with van der Waals surface area (Å²) in [6.07, 6.45) is 5.40. The number of benzene rings is 1. The van der Waals surface area contributed by atoms with Crippen molar-refractivity contribution in [2.45, 2.75) is 50.2 Å². The van der Waals surface area contributed by atoms with Crippen LogP contribution in [0, 0.1) is 22.6 Å². The summed E-state index contributed by atoms with van der Waals surface area (Å²) >= 11 is 6.68. The van der Waals surface area contributed by atoms with Gasteiger partial charge in [0.05, 0.1) is 11.6 Å². The maximum atomic E-state index is 14.6. The lowest BCUT2D eigenvalue weighted by atomic mass is 9.74. The molecule has 1 aliphatic heterocycles. The average molecular weight is 599 g/mol. The summed E-state index contributed by atoms with van der Waals surface area (Å²) in [5.41, 5.74) is -1.06. The Bertz CT molecular complexity index is 1530. The predicted molar refractivity (Wildman–Crippen MR) is 148 cm³/mol. The van der Waals surface area contributed by atoms with Gasteiger partial charge >= 0.3 is 6.03 Å². The minimum absolute atomic E-state index is 0.00244. The van der Waals surface area contributed by atoms with Gasteiger partial charge in [0.1, 0.15) is 23.7 Å². The van der Waals surface area contributed by atoms with Crippen LogP contribution in [0.5, 0.6) is 0 Å². The molecule has 1 aromatic carbocycles. The van der Waals surface area contributed by atoms with E-state index in [1.54, 1.807) is 25.2 Å². The number of aromatic nitrogens is 1. The number of nitriles is 1. The second kappa shape index (κ2) is 11.1. The zero-order valence-corrected chi connectivity index (χ0v) is 23.1. The van der Waals surface area contributed by atoms with Crippen molar-refractivity contribution in [1.82, 2.24) is 15.6 Å². The molecular weight excluding hydrogens is 573 g/mol. The molecule has 2 N–H and O–H groups in total. The molecule has 0 radical (unpaired) electrons. The number of halogens is 4. The average Bonchev–Trinajstić information content (AvgIpc) is 3.33. The largest absolute Gasteiger partial charge is 0.351 e. The van der Waals surface area contributed by atoms with Gasteiger partial charge in [0.25, 0.3) is 11.8 Å². The molecule has 1 saturated carbocycles. The number of rotatable bonds is 7. The zero-order valence-electron chi connectivity index (χ0n) is 22.4. The van der Waals surface area contributed by atoms with E-state index < -0.39 is 66.0 Å². The molecule has 2 aromatic rings. The third-order valence-corrected chi connectivity index (χ3v) is 8.28. The smallest absolute Gasteiger partial charge is 0.323 e. The van der Waals surface area contributed by atoms with E-state index in [1.807, 2.05) is 6.07 Å². The van der Waals surface area contributed by atoms with Crippen molar-refractivity contribution in [3.63, 3.8) is 0 Å². The SMILES string of the molecule is CC1([C@@H](C(=O)NC2CC(F)(F)C2)N(C(=O)[C@@H]2CNC(=O)N2c2cc(C#N)ccn2)c2cccc(F)c2)CC=CC=C1Cl. The van der Waals surface area contributed by atoms with Crippen LogP contribution in [-0.2, 0) is 9.59 Å². The second-order valence-corrected chi connectivity index (χ2v) is 11.1. The van der Waals surface area contributed by atoms with Gasteiger partial charge in [0.2, 0.25) is 5.91 Å². The van der Waals surface area contributed by atoms with Gasteiger partial charge < -0.3 is 10.6 Å². The lowest BCUT2D eigenvalue weighted by Gasteiger charge is -2.46. The molecule has 13 heteroatoms. The highest BCUT2D eigenvalue weighted by molar-refractivity contribution is 6.31. The number of alkyl halides is 2. The molecule has 4 amide bonds. The summed E-state index contributed by atoms with van der Waals surface area (Å²) in [6, 6.07) is 5.54. The first-order valence-corrected chi connectivity index (χ1v) is 13.5. The van der Waals surface area contributed by atoms with Crippen LogP contribution < -0.4 is 20.4 Å². The topological polar surface area (TPSA) is 118 Å². The van der Waals surface area contributed by atoms with Crippen molar-refractivity contribution < 1.29 is 27.6 Å². The van der Waals surface area contributed by atoms with E-state index in [0.29, 0.717) is 0 Å². The Balaban J connectivity index is 1.61. The van der Waals surface area contributed by atoms with Gasteiger partial charge in [-0.3, -0.25) is 19.4 Å². The van der Waals surface area contributed by atoms with Gasteiger partial charge in [-0.25, -0.2) is 22.9 Å². The Labute approximate surface area is 244 Å². The zero-order chi connectivity index (χ0) is 30.2. The molecule has 1 unspecified atom stereocenters. The molecule has 218 valence electrons. The fraction of sp³-hybridized carbons (Fsp3) is 0.345. The maximum Gasteiger partial charge on any atom is 0.323 e. The van der Waals surface area contributed by atoms with Crippen LogP contribution in [-0.4, -0.2) is 53.4 Å². The number of allylic oxidation sites excluding steroid dienone is 3. The molecule has 9 nitrogen and oxygen atoms in total. The lowest BCUT2D eigenvalue weighted by Crippen LogP contribution is -2.64.